The number of carbonyl (C=O) groups is 1. The Labute approximate surface area is 221 Å². The molecule has 37 heavy (non-hydrogen) atoms. The third-order valence-corrected chi connectivity index (χ3v) is 7.27. The third-order valence-electron chi connectivity index (χ3n) is 7.27. The van der Waals surface area contributed by atoms with Gasteiger partial charge in [-0.15, -0.1) is 0 Å². The van der Waals surface area contributed by atoms with Crippen molar-refractivity contribution in [3.05, 3.63) is 58.3 Å². The second-order valence-corrected chi connectivity index (χ2v) is 10.8. The number of piperazine rings is 1. The largest absolute Gasteiger partial charge is 0.379 e. The number of piperidine rings is 1. The molecular formula is C28H42N6O3. The zero-order valence-electron chi connectivity index (χ0n) is 21.7. The first-order valence-corrected chi connectivity index (χ1v) is 12.9. The maximum absolute atomic E-state index is 12.8. The quantitative estimate of drug-likeness (QED) is 0.432. The molecule has 1 amide bonds. The smallest absolute Gasteiger partial charge is 0.363 e. The van der Waals surface area contributed by atoms with Gasteiger partial charge < -0.3 is 25.2 Å². The van der Waals surface area contributed by atoms with Gasteiger partial charge in [0.1, 0.15) is 0 Å². The van der Waals surface area contributed by atoms with Gasteiger partial charge in [0.15, 0.2) is 6.20 Å². The van der Waals surface area contributed by atoms with Gasteiger partial charge in [-0.25, -0.2) is 0 Å². The summed E-state index contributed by atoms with van der Waals surface area (Å²) in [5, 5.41) is 14.1. The molecular weight excluding hydrogens is 468 g/mol. The number of nitro groups is 1. The molecule has 0 spiro atoms. The van der Waals surface area contributed by atoms with E-state index in [9.17, 15) is 14.9 Å². The molecule has 9 nitrogen and oxygen atoms in total. The van der Waals surface area contributed by atoms with Crippen LogP contribution in [-0.2, 0) is 10.2 Å². The number of anilines is 2. The van der Waals surface area contributed by atoms with E-state index < -0.39 is 4.92 Å². The molecule has 1 aromatic heterocycles. The van der Waals surface area contributed by atoms with Crippen molar-refractivity contribution in [3.63, 3.8) is 0 Å². The van der Waals surface area contributed by atoms with Crippen molar-refractivity contribution >= 4 is 23.1 Å². The Morgan fingerprint density at radius 1 is 1.03 bits per heavy atom. The van der Waals surface area contributed by atoms with Crippen LogP contribution in [0.5, 0.6) is 0 Å². The molecule has 2 aliphatic rings. The lowest BCUT2D eigenvalue weighted by atomic mass is 9.87. The zero-order chi connectivity index (χ0) is 25.7. The fraction of sp³-hybridized carbons (Fsp3) is 0.571. The Morgan fingerprint density at radius 2 is 1.68 bits per heavy atom. The molecule has 0 aliphatic carbocycles. The van der Waals surface area contributed by atoms with E-state index in [1.54, 1.807) is 6.07 Å². The van der Waals surface area contributed by atoms with Gasteiger partial charge in [-0.1, -0.05) is 40.3 Å². The number of amides is 1. The fourth-order valence-electron chi connectivity index (χ4n) is 4.90. The third kappa shape index (κ3) is 7.64. The molecule has 0 unspecified atom stereocenters. The van der Waals surface area contributed by atoms with Gasteiger partial charge in [0.25, 0.3) is 0 Å². The monoisotopic (exact) mass is 510 g/mol. The Bertz CT molecular complexity index is 1020. The Hall–Kier alpha value is -3.20. The van der Waals surface area contributed by atoms with Crippen LogP contribution in [-0.4, -0.2) is 77.5 Å². The second kappa shape index (κ2) is 12.4. The molecule has 0 radical (unpaired) electrons. The van der Waals surface area contributed by atoms with E-state index in [2.05, 4.69) is 65.1 Å². The summed E-state index contributed by atoms with van der Waals surface area (Å²) in [6.45, 7) is 12.9. The number of pyridine rings is 1. The van der Waals surface area contributed by atoms with Crippen LogP contribution in [0.25, 0.3) is 0 Å². The van der Waals surface area contributed by atoms with Crippen LogP contribution >= 0.6 is 0 Å². The van der Waals surface area contributed by atoms with Crippen molar-refractivity contribution < 1.29 is 9.72 Å². The molecule has 4 rings (SSSR count). The summed E-state index contributed by atoms with van der Waals surface area (Å²) in [6.07, 6.45) is 3.77. The summed E-state index contributed by atoms with van der Waals surface area (Å²) in [4.78, 5) is 33.7. The minimum atomic E-state index is -0.501. The van der Waals surface area contributed by atoms with Crippen LogP contribution in [0, 0.1) is 10.1 Å². The fourth-order valence-corrected chi connectivity index (χ4v) is 4.90. The lowest BCUT2D eigenvalue weighted by molar-refractivity contribution is -0.389. The molecule has 2 fully saturated rings. The van der Waals surface area contributed by atoms with Crippen LogP contribution in [0.2, 0.25) is 0 Å². The highest BCUT2D eigenvalue weighted by molar-refractivity contribution is 5.76. The van der Waals surface area contributed by atoms with Crippen LogP contribution in [0.1, 0.15) is 53.0 Å². The minimum Gasteiger partial charge on any atom is -0.379 e. The average Bonchev–Trinajstić information content (AvgIpc) is 2.88. The first kappa shape index (κ1) is 28.4. The molecule has 202 valence electrons. The van der Waals surface area contributed by atoms with Crippen molar-refractivity contribution in [2.75, 3.05) is 56.0 Å². The maximum Gasteiger partial charge on any atom is 0.363 e. The number of aromatic nitrogens is 1. The summed E-state index contributed by atoms with van der Waals surface area (Å²) >= 11 is 0. The van der Waals surface area contributed by atoms with Crippen molar-refractivity contribution in [2.24, 2.45) is 0 Å². The first-order chi connectivity index (χ1) is 17.2. The van der Waals surface area contributed by atoms with Crippen LogP contribution < -0.4 is 10.2 Å². The molecule has 1 aromatic carbocycles. The summed E-state index contributed by atoms with van der Waals surface area (Å²) in [5.41, 5.74) is 3.57. The van der Waals surface area contributed by atoms with Crippen molar-refractivity contribution in [1.82, 2.24) is 14.8 Å². The van der Waals surface area contributed by atoms with E-state index in [1.165, 1.54) is 23.5 Å². The number of hydrogen-bond donors (Lipinski definition) is 1. The number of hydrogen-bond acceptors (Lipinski definition) is 7. The summed E-state index contributed by atoms with van der Waals surface area (Å²) < 4.78 is 0. The van der Waals surface area contributed by atoms with Gasteiger partial charge in [-0.2, -0.15) is 0 Å². The lowest BCUT2D eigenvalue weighted by Crippen LogP contribution is -2.48. The summed E-state index contributed by atoms with van der Waals surface area (Å²) in [7, 11) is 0. The molecule has 2 saturated heterocycles. The molecule has 3 heterocycles. The predicted molar refractivity (Wildman–Crippen MR) is 149 cm³/mol. The van der Waals surface area contributed by atoms with Gasteiger partial charge in [0, 0.05) is 70.0 Å². The van der Waals surface area contributed by atoms with Crippen molar-refractivity contribution in [1.29, 1.82) is 0 Å². The van der Waals surface area contributed by atoms with E-state index in [1.807, 2.05) is 4.90 Å². The molecule has 0 saturated carbocycles. The highest BCUT2D eigenvalue weighted by atomic mass is 16.6. The van der Waals surface area contributed by atoms with E-state index in [-0.39, 0.29) is 30.6 Å². The zero-order valence-corrected chi connectivity index (χ0v) is 21.7. The van der Waals surface area contributed by atoms with Gasteiger partial charge in [-0.3, -0.25) is 9.69 Å². The van der Waals surface area contributed by atoms with Gasteiger partial charge in [-0.05, 0) is 51.9 Å². The SMILES string of the molecule is C.CC(C)(C)c1ccc(N2CCN(CCC(=O)N3CCC(Nc4ccc([N+](=O)[O-])nc4)CC3)CC2)cc1. The van der Waals surface area contributed by atoms with Gasteiger partial charge in [0.05, 0.1) is 5.69 Å². The van der Waals surface area contributed by atoms with Crippen LogP contribution in [0.3, 0.4) is 0 Å². The number of carbonyl (C=O) groups excluding carboxylic acids is 1. The summed E-state index contributed by atoms with van der Waals surface area (Å²) in [6, 6.07) is 12.3. The number of nitrogens with one attached hydrogen (secondary N) is 1. The molecule has 9 heteroatoms. The lowest BCUT2D eigenvalue weighted by Gasteiger charge is -2.37. The number of rotatable bonds is 7. The van der Waals surface area contributed by atoms with Crippen molar-refractivity contribution in [2.45, 2.75) is 58.9 Å². The van der Waals surface area contributed by atoms with Gasteiger partial charge >= 0.3 is 5.82 Å². The number of nitrogens with zero attached hydrogens (tertiary/aromatic N) is 5. The number of likely N-dealkylation sites (tertiary alicyclic amines) is 1. The van der Waals surface area contributed by atoms with Crippen LogP contribution in [0.15, 0.2) is 42.6 Å². The normalized spacial score (nSPS) is 17.3. The maximum atomic E-state index is 12.8. The van der Waals surface area contributed by atoms with Crippen molar-refractivity contribution in [3.8, 4) is 0 Å². The molecule has 2 aromatic rings. The molecule has 1 N–H and O–H groups in total. The van der Waals surface area contributed by atoms with E-state index in [0.717, 1.165) is 64.3 Å². The highest BCUT2D eigenvalue weighted by Crippen LogP contribution is 2.25. The van der Waals surface area contributed by atoms with E-state index >= 15 is 0 Å². The topological polar surface area (TPSA) is 94.8 Å². The molecule has 2 aliphatic heterocycles. The Balaban J connectivity index is 0.00000380. The number of benzene rings is 1. The van der Waals surface area contributed by atoms with Gasteiger partial charge in [0.2, 0.25) is 5.91 Å². The van der Waals surface area contributed by atoms with E-state index in [0.29, 0.717) is 6.42 Å². The standard InChI is InChI=1S/C27H38N6O3.CH4/c1-27(2,3)21-4-7-24(8-5-21)31-18-16-30(17-19-31)13-12-26(34)32-14-10-22(11-15-32)29-23-6-9-25(28-20-23)33(35)36;/h4-9,20,22,29H,10-19H2,1-3H3;1H4. The second-order valence-electron chi connectivity index (χ2n) is 10.8. The predicted octanol–water partition coefficient (Wildman–Crippen LogP) is 4.54. The average molecular weight is 511 g/mol. The Morgan fingerprint density at radius 3 is 2.22 bits per heavy atom. The minimum absolute atomic E-state index is 0. The first-order valence-electron chi connectivity index (χ1n) is 12.9. The molecule has 0 atom stereocenters. The van der Waals surface area contributed by atoms with E-state index in [4.69, 9.17) is 0 Å². The summed E-state index contributed by atoms with van der Waals surface area (Å²) in [5.74, 6) is 0.0720. The Kier molecular flexibility index (Phi) is 9.48. The van der Waals surface area contributed by atoms with Crippen LogP contribution in [0.4, 0.5) is 17.2 Å². The molecule has 0 bridgehead atoms. The highest BCUT2D eigenvalue weighted by Gasteiger charge is 2.24.